The first-order valence-corrected chi connectivity index (χ1v) is 4.52. The highest BCUT2D eigenvalue weighted by Crippen LogP contribution is 2.37. The van der Waals surface area contributed by atoms with Gasteiger partial charge in [0.2, 0.25) is 0 Å². The Morgan fingerprint density at radius 1 is 1.58 bits per heavy atom. The maximum absolute atomic E-state index is 9.93. The monoisotopic (exact) mass is 173 g/mol. The van der Waals surface area contributed by atoms with Gasteiger partial charge in [-0.05, 0) is 26.7 Å². The summed E-state index contributed by atoms with van der Waals surface area (Å²) in [4.78, 5) is 0. The molecule has 72 valence electrons. The van der Waals surface area contributed by atoms with E-state index in [4.69, 9.17) is 10.5 Å². The van der Waals surface area contributed by atoms with Crippen LogP contribution in [0.5, 0.6) is 0 Å². The van der Waals surface area contributed by atoms with Crippen molar-refractivity contribution in [1.29, 1.82) is 0 Å². The summed E-state index contributed by atoms with van der Waals surface area (Å²) in [5.41, 5.74) is 4.72. The summed E-state index contributed by atoms with van der Waals surface area (Å²) in [6.07, 6.45) is 1.97. The minimum Gasteiger partial charge on any atom is -0.390 e. The van der Waals surface area contributed by atoms with E-state index in [9.17, 15) is 5.11 Å². The molecule has 0 aromatic rings. The minimum absolute atomic E-state index is 0.231. The topological polar surface area (TPSA) is 55.5 Å². The van der Waals surface area contributed by atoms with Crippen molar-refractivity contribution in [3.8, 4) is 0 Å². The third-order valence-corrected chi connectivity index (χ3v) is 3.01. The van der Waals surface area contributed by atoms with Gasteiger partial charge in [0.1, 0.15) is 0 Å². The lowest BCUT2D eigenvalue weighted by Crippen LogP contribution is -2.53. The van der Waals surface area contributed by atoms with Gasteiger partial charge in [0.25, 0.3) is 0 Å². The maximum atomic E-state index is 9.93. The molecule has 0 aliphatic carbocycles. The van der Waals surface area contributed by atoms with Crippen molar-refractivity contribution in [2.45, 2.75) is 32.3 Å². The number of hydrogen-bond acceptors (Lipinski definition) is 3. The number of ether oxygens (including phenoxy) is 1. The fraction of sp³-hybridized carbons (Fsp3) is 1.00. The van der Waals surface area contributed by atoms with Gasteiger partial charge in [-0.15, -0.1) is 0 Å². The van der Waals surface area contributed by atoms with Crippen LogP contribution < -0.4 is 5.73 Å². The van der Waals surface area contributed by atoms with Crippen LogP contribution in [0.2, 0.25) is 0 Å². The first kappa shape index (κ1) is 9.96. The van der Waals surface area contributed by atoms with Gasteiger partial charge in [0, 0.05) is 18.6 Å². The number of aliphatic hydroxyl groups is 1. The fourth-order valence-corrected chi connectivity index (χ4v) is 1.75. The van der Waals surface area contributed by atoms with Crippen LogP contribution in [-0.2, 0) is 4.74 Å². The van der Waals surface area contributed by atoms with E-state index in [1.165, 1.54) is 0 Å². The van der Waals surface area contributed by atoms with E-state index in [1.54, 1.807) is 0 Å². The molecule has 1 aliphatic heterocycles. The van der Waals surface area contributed by atoms with Crippen LogP contribution in [-0.4, -0.2) is 30.5 Å². The second-order valence-electron chi connectivity index (χ2n) is 4.20. The van der Waals surface area contributed by atoms with Crippen molar-refractivity contribution in [1.82, 2.24) is 0 Å². The van der Waals surface area contributed by atoms with Crippen molar-refractivity contribution in [2.75, 3.05) is 19.8 Å². The van der Waals surface area contributed by atoms with Crippen LogP contribution in [0.4, 0.5) is 0 Å². The molecule has 3 N–H and O–H groups in total. The molecule has 0 amide bonds. The lowest BCUT2D eigenvalue weighted by Gasteiger charge is -2.44. The van der Waals surface area contributed by atoms with Gasteiger partial charge < -0.3 is 15.6 Å². The Bertz CT molecular complexity index is 145. The second kappa shape index (κ2) is 3.32. The molecule has 1 unspecified atom stereocenters. The summed E-state index contributed by atoms with van der Waals surface area (Å²) >= 11 is 0. The molecule has 0 aromatic carbocycles. The molecule has 1 saturated heterocycles. The SMILES string of the molecule is CC(C)(O)C1(CN)CCCOC1. The zero-order valence-corrected chi connectivity index (χ0v) is 7.97. The van der Waals surface area contributed by atoms with E-state index in [2.05, 4.69) is 0 Å². The highest BCUT2D eigenvalue weighted by molar-refractivity contribution is 4.95. The Balaban J connectivity index is 2.73. The predicted octanol–water partition coefficient (Wildman–Crippen LogP) is 0.513. The smallest absolute Gasteiger partial charge is 0.0681 e. The molecular weight excluding hydrogens is 154 g/mol. The van der Waals surface area contributed by atoms with E-state index in [0.717, 1.165) is 19.4 Å². The largest absolute Gasteiger partial charge is 0.390 e. The molecule has 1 fully saturated rings. The molecular formula is C9H19NO2. The lowest BCUT2D eigenvalue weighted by atomic mass is 9.70. The van der Waals surface area contributed by atoms with Crippen molar-refractivity contribution in [2.24, 2.45) is 11.1 Å². The molecule has 1 heterocycles. The van der Waals surface area contributed by atoms with Gasteiger partial charge in [0.15, 0.2) is 0 Å². The first-order valence-electron chi connectivity index (χ1n) is 4.52. The van der Waals surface area contributed by atoms with Crippen LogP contribution in [0.25, 0.3) is 0 Å². The molecule has 3 nitrogen and oxygen atoms in total. The van der Waals surface area contributed by atoms with E-state index in [-0.39, 0.29) is 5.41 Å². The third kappa shape index (κ3) is 1.63. The van der Waals surface area contributed by atoms with E-state index in [1.807, 2.05) is 13.8 Å². The van der Waals surface area contributed by atoms with Crippen LogP contribution in [0, 0.1) is 5.41 Å². The van der Waals surface area contributed by atoms with Crippen molar-refractivity contribution in [3.63, 3.8) is 0 Å². The van der Waals surface area contributed by atoms with Gasteiger partial charge >= 0.3 is 0 Å². The number of nitrogens with two attached hydrogens (primary N) is 1. The molecule has 0 radical (unpaired) electrons. The van der Waals surface area contributed by atoms with Gasteiger partial charge in [0.05, 0.1) is 12.2 Å². The van der Waals surface area contributed by atoms with E-state index >= 15 is 0 Å². The first-order chi connectivity index (χ1) is 5.52. The second-order valence-corrected chi connectivity index (χ2v) is 4.20. The number of hydrogen-bond donors (Lipinski definition) is 2. The van der Waals surface area contributed by atoms with E-state index < -0.39 is 5.60 Å². The lowest BCUT2D eigenvalue weighted by molar-refractivity contribution is -0.123. The zero-order chi connectivity index (χ0) is 9.24. The standard InChI is InChI=1S/C9H19NO2/c1-8(2,11)9(6-10)4-3-5-12-7-9/h11H,3-7,10H2,1-2H3. The summed E-state index contributed by atoms with van der Waals surface area (Å²) < 4.78 is 5.36. The Hall–Kier alpha value is -0.120. The third-order valence-electron chi connectivity index (χ3n) is 3.01. The van der Waals surface area contributed by atoms with Crippen molar-refractivity contribution in [3.05, 3.63) is 0 Å². The summed E-state index contributed by atoms with van der Waals surface area (Å²) in [5, 5.41) is 9.93. The zero-order valence-electron chi connectivity index (χ0n) is 7.97. The maximum Gasteiger partial charge on any atom is 0.0681 e. The molecule has 1 aliphatic rings. The Morgan fingerprint density at radius 2 is 2.25 bits per heavy atom. The van der Waals surface area contributed by atoms with Crippen LogP contribution in [0.1, 0.15) is 26.7 Å². The highest BCUT2D eigenvalue weighted by Gasteiger charge is 2.44. The molecule has 0 aromatic heterocycles. The molecule has 0 spiro atoms. The van der Waals surface area contributed by atoms with Crippen molar-refractivity contribution >= 4 is 0 Å². The Morgan fingerprint density at radius 3 is 2.50 bits per heavy atom. The van der Waals surface area contributed by atoms with Crippen molar-refractivity contribution < 1.29 is 9.84 Å². The molecule has 0 bridgehead atoms. The quantitative estimate of drug-likeness (QED) is 0.640. The molecule has 1 rings (SSSR count). The van der Waals surface area contributed by atoms with Gasteiger partial charge in [-0.3, -0.25) is 0 Å². The van der Waals surface area contributed by atoms with Gasteiger partial charge in [-0.2, -0.15) is 0 Å². The Kier molecular flexibility index (Phi) is 2.76. The van der Waals surface area contributed by atoms with Crippen LogP contribution in [0.3, 0.4) is 0 Å². The molecule has 1 atom stereocenters. The highest BCUT2D eigenvalue weighted by atomic mass is 16.5. The summed E-state index contributed by atoms with van der Waals surface area (Å²) in [6.45, 7) is 5.52. The minimum atomic E-state index is -0.734. The average Bonchev–Trinajstić information content (AvgIpc) is 2.04. The molecule has 3 heteroatoms. The van der Waals surface area contributed by atoms with Crippen LogP contribution in [0.15, 0.2) is 0 Å². The van der Waals surface area contributed by atoms with Gasteiger partial charge in [-0.25, -0.2) is 0 Å². The van der Waals surface area contributed by atoms with Gasteiger partial charge in [-0.1, -0.05) is 0 Å². The summed E-state index contributed by atoms with van der Waals surface area (Å²) in [6, 6.07) is 0. The molecule has 0 saturated carbocycles. The molecule has 12 heavy (non-hydrogen) atoms. The summed E-state index contributed by atoms with van der Waals surface area (Å²) in [7, 11) is 0. The van der Waals surface area contributed by atoms with E-state index in [0.29, 0.717) is 13.2 Å². The number of rotatable bonds is 2. The summed E-state index contributed by atoms with van der Waals surface area (Å²) in [5.74, 6) is 0. The van der Waals surface area contributed by atoms with Crippen LogP contribution >= 0.6 is 0 Å². The predicted molar refractivity (Wildman–Crippen MR) is 47.8 cm³/mol. The normalized spacial score (nSPS) is 32.0. The average molecular weight is 173 g/mol. The Labute approximate surface area is 73.9 Å². The fourth-order valence-electron chi connectivity index (χ4n) is 1.75.